The second-order valence-corrected chi connectivity index (χ2v) is 6.62. The SMILES string of the molecule is O=C1CN(c2ccc(NC(=O)CCc3nc(-c4cccnc4)no3)cc2)CCN1. The van der Waals surface area contributed by atoms with Gasteiger partial charge < -0.3 is 20.1 Å². The second-order valence-electron chi connectivity index (χ2n) is 6.62. The van der Waals surface area contributed by atoms with Crippen molar-refractivity contribution in [3.05, 3.63) is 54.7 Å². The maximum absolute atomic E-state index is 12.2. The minimum absolute atomic E-state index is 0.0151. The zero-order valence-electron chi connectivity index (χ0n) is 15.7. The molecule has 0 aliphatic carbocycles. The molecule has 1 aliphatic rings. The Kier molecular flexibility index (Phi) is 5.46. The summed E-state index contributed by atoms with van der Waals surface area (Å²) in [5, 5.41) is 9.57. The van der Waals surface area contributed by atoms with Gasteiger partial charge in [0.05, 0.1) is 6.54 Å². The van der Waals surface area contributed by atoms with Crippen LogP contribution in [0.15, 0.2) is 53.3 Å². The lowest BCUT2D eigenvalue weighted by Crippen LogP contribution is -2.47. The maximum Gasteiger partial charge on any atom is 0.239 e. The molecule has 2 N–H and O–H groups in total. The van der Waals surface area contributed by atoms with E-state index in [0.717, 1.165) is 17.8 Å². The molecule has 1 aliphatic heterocycles. The summed E-state index contributed by atoms with van der Waals surface area (Å²) in [6.45, 7) is 1.75. The predicted octanol–water partition coefficient (Wildman–Crippen LogP) is 1.64. The van der Waals surface area contributed by atoms with Crippen molar-refractivity contribution in [1.82, 2.24) is 20.4 Å². The fourth-order valence-electron chi connectivity index (χ4n) is 3.03. The molecule has 9 heteroatoms. The maximum atomic E-state index is 12.2. The molecule has 3 aromatic rings. The average molecular weight is 392 g/mol. The number of amides is 2. The number of aryl methyl sites for hydroxylation is 1. The Balaban J connectivity index is 1.29. The van der Waals surface area contributed by atoms with E-state index in [1.165, 1.54) is 0 Å². The summed E-state index contributed by atoms with van der Waals surface area (Å²) in [6.07, 6.45) is 3.90. The quantitative estimate of drug-likeness (QED) is 0.655. The molecule has 148 valence electrons. The van der Waals surface area contributed by atoms with Gasteiger partial charge in [-0.1, -0.05) is 5.16 Å². The van der Waals surface area contributed by atoms with E-state index in [2.05, 4.69) is 25.8 Å². The first-order valence-corrected chi connectivity index (χ1v) is 9.32. The van der Waals surface area contributed by atoms with Crippen molar-refractivity contribution in [3.8, 4) is 11.4 Å². The van der Waals surface area contributed by atoms with Gasteiger partial charge in [-0.3, -0.25) is 14.6 Å². The van der Waals surface area contributed by atoms with Crippen molar-refractivity contribution in [2.75, 3.05) is 29.9 Å². The standard InChI is InChI=1S/C20H20N6O3/c27-17(7-8-19-24-20(25-29-19)14-2-1-9-21-12-14)23-15-3-5-16(6-4-15)26-11-10-22-18(28)13-26/h1-6,9,12H,7-8,10-11,13H2,(H,22,28)(H,23,27). The van der Waals surface area contributed by atoms with E-state index in [4.69, 9.17) is 4.52 Å². The van der Waals surface area contributed by atoms with Crippen molar-refractivity contribution >= 4 is 23.2 Å². The molecule has 1 fully saturated rings. The summed E-state index contributed by atoms with van der Waals surface area (Å²) in [7, 11) is 0. The third-order valence-electron chi connectivity index (χ3n) is 4.51. The summed E-state index contributed by atoms with van der Waals surface area (Å²) in [4.78, 5) is 34.0. The van der Waals surface area contributed by atoms with Gasteiger partial charge in [-0.25, -0.2) is 0 Å². The Morgan fingerprint density at radius 1 is 1.24 bits per heavy atom. The number of nitrogens with zero attached hydrogens (tertiary/aromatic N) is 4. The summed E-state index contributed by atoms with van der Waals surface area (Å²) in [6, 6.07) is 11.1. The predicted molar refractivity (Wildman–Crippen MR) is 106 cm³/mol. The number of piperazine rings is 1. The number of carbonyl (C=O) groups excluding carboxylic acids is 2. The van der Waals surface area contributed by atoms with Crippen molar-refractivity contribution < 1.29 is 14.1 Å². The lowest BCUT2D eigenvalue weighted by Gasteiger charge is -2.28. The number of carbonyl (C=O) groups is 2. The molecule has 1 saturated heterocycles. The number of pyridine rings is 1. The Morgan fingerprint density at radius 2 is 2.10 bits per heavy atom. The van der Waals surface area contributed by atoms with E-state index < -0.39 is 0 Å². The topological polar surface area (TPSA) is 113 Å². The van der Waals surface area contributed by atoms with E-state index >= 15 is 0 Å². The second kappa shape index (κ2) is 8.51. The van der Waals surface area contributed by atoms with Crippen LogP contribution in [0.4, 0.5) is 11.4 Å². The van der Waals surface area contributed by atoms with Crippen LogP contribution in [0.2, 0.25) is 0 Å². The number of nitrogens with one attached hydrogen (secondary N) is 2. The normalized spacial score (nSPS) is 13.8. The Hall–Kier alpha value is -3.75. The third-order valence-corrected chi connectivity index (χ3v) is 4.51. The fraction of sp³-hybridized carbons (Fsp3) is 0.250. The van der Waals surface area contributed by atoms with Gasteiger partial charge in [0.1, 0.15) is 0 Å². The highest BCUT2D eigenvalue weighted by Gasteiger charge is 2.16. The highest BCUT2D eigenvalue weighted by Crippen LogP contribution is 2.19. The Morgan fingerprint density at radius 3 is 2.86 bits per heavy atom. The number of hydrogen-bond acceptors (Lipinski definition) is 7. The highest BCUT2D eigenvalue weighted by molar-refractivity contribution is 5.91. The first kappa shape index (κ1) is 18.6. The van der Waals surface area contributed by atoms with Gasteiger partial charge >= 0.3 is 0 Å². The smallest absolute Gasteiger partial charge is 0.239 e. The molecule has 1 aromatic carbocycles. The fourth-order valence-corrected chi connectivity index (χ4v) is 3.03. The molecule has 4 rings (SSSR count). The molecule has 2 aromatic heterocycles. The molecule has 2 amide bonds. The van der Waals surface area contributed by atoms with E-state index in [1.54, 1.807) is 18.5 Å². The van der Waals surface area contributed by atoms with Gasteiger partial charge in [0, 0.05) is 55.3 Å². The number of benzene rings is 1. The van der Waals surface area contributed by atoms with Crippen LogP contribution in [0.25, 0.3) is 11.4 Å². The molecule has 29 heavy (non-hydrogen) atoms. The van der Waals surface area contributed by atoms with Gasteiger partial charge in [-0.2, -0.15) is 4.98 Å². The van der Waals surface area contributed by atoms with Crippen LogP contribution in [0, 0.1) is 0 Å². The van der Waals surface area contributed by atoms with Crippen LogP contribution >= 0.6 is 0 Å². The van der Waals surface area contributed by atoms with Gasteiger partial charge in [-0.05, 0) is 36.4 Å². The van der Waals surface area contributed by atoms with E-state index in [0.29, 0.717) is 36.9 Å². The summed E-state index contributed by atoms with van der Waals surface area (Å²) >= 11 is 0. The summed E-state index contributed by atoms with van der Waals surface area (Å²) < 4.78 is 5.20. The van der Waals surface area contributed by atoms with Crippen LogP contribution in [-0.2, 0) is 16.0 Å². The first-order chi connectivity index (χ1) is 14.2. The van der Waals surface area contributed by atoms with E-state index in [1.807, 2.05) is 35.2 Å². The number of rotatable bonds is 6. The molecule has 0 atom stereocenters. The molecular formula is C20H20N6O3. The minimum Gasteiger partial charge on any atom is -0.360 e. The van der Waals surface area contributed by atoms with Crippen LogP contribution in [0.1, 0.15) is 12.3 Å². The van der Waals surface area contributed by atoms with Crippen molar-refractivity contribution in [1.29, 1.82) is 0 Å². The highest BCUT2D eigenvalue weighted by atomic mass is 16.5. The molecule has 0 spiro atoms. The van der Waals surface area contributed by atoms with Crippen LogP contribution < -0.4 is 15.5 Å². The Labute approximate surface area is 167 Å². The average Bonchev–Trinajstić information content (AvgIpc) is 3.23. The van der Waals surface area contributed by atoms with Crippen molar-refractivity contribution in [3.63, 3.8) is 0 Å². The van der Waals surface area contributed by atoms with Crippen LogP contribution in [0.3, 0.4) is 0 Å². The van der Waals surface area contributed by atoms with E-state index in [9.17, 15) is 9.59 Å². The number of aromatic nitrogens is 3. The first-order valence-electron chi connectivity index (χ1n) is 9.32. The number of anilines is 2. The van der Waals surface area contributed by atoms with Crippen molar-refractivity contribution in [2.45, 2.75) is 12.8 Å². The number of hydrogen-bond donors (Lipinski definition) is 2. The van der Waals surface area contributed by atoms with Crippen molar-refractivity contribution in [2.24, 2.45) is 0 Å². The molecule has 0 saturated carbocycles. The van der Waals surface area contributed by atoms with Gasteiger partial charge in [0.15, 0.2) is 0 Å². The summed E-state index contributed by atoms with van der Waals surface area (Å²) in [5.41, 5.74) is 2.41. The zero-order chi connectivity index (χ0) is 20.1. The largest absolute Gasteiger partial charge is 0.360 e. The molecule has 0 bridgehead atoms. The monoisotopic (exact) mass is 392 g/mol. The third kappa shape index (κ3) is 4.75. The minimum atomic E-state index is -0.142. The lowest BCUT2D eigenvalue weighted by molar-refractivity contribution is -0.120. The molecular weight excluding hydrogens is 372 g/mol. The van der Waals surface area contributed by atoms with Gasteiger partial charge in [0.25, 0.3) is 0 Å². The van der Waals surface area contributed by atoms with E-state index in [-0.39, 0.29) is 18.2 Å². The van der Waals surface area contributed by atoms with Crippen LogP contribution in [-0.4, -0.2) is 46.6 Å². The summed E-state index contributed by atoms with van der Waals surface area (Å²) in [5.74, 6) is 0.728. The van der Waals surface area contributed by atoms with Gasteiger partial charge in [0.2, 0.25) is 23.5 Å². The molecule has 0 radical (unpaired) electrons. The zero-order valence-corrected chi connectivity index (χ0v) is 15.7. The Bertz CT molecular complexity index is 987. The van der Waals surface area contributed by atoms with Gasteiger partial charge in [-0.15, -0.1) is 0 Å². The van der Waals surface area contributed by atoms with Crippen LogP contribution in [0.5, 0.6) is 0 Å². The molecule has 0 unspecified atom stereocenters. The molecule has 3 heterocycles. The molecule has 9 nitrogen and oxygen atoms in total. The lowest BCUT2D eigenvalue weighted by atomic mass is 10.2.